The van der Waals surface area contributed by atoms with Crippen LogP contribution < -0.4 is 51.4 Å². The molecular weight excluding hydrogens is 127 g/mol. The molecule has 0 saturated heterocycles. The van der Waals surface area contributed by atoms with E-state index in [-0.39, 0.29) is 61.3 Å². The average Bonchev–Trinajstić information content (AvgIpc) is 1.37. The van der Waals surface area contributed by atoms with Crippen molar-refractivity contribution in [2.45, 2.75) is 0 Å². The van der Waals surface area contributed by atoms with E-state index in [1.165, 1.54) is 0 Å². The maximum atomic E-state index is 6.06. The molecule has 5 heavy (non-hydrogen) atoms. The Labute approximate surface area is 81.5 Å². The van der Waals surface area contributed by atoms with Crippen molar-refractivity contribution in [3.63, 3.8) is 0 Å². The minimum Gasteiger partial charge on any atom is -0.577 e. The summed E-state index contributed by atoms with van der Waals surface area (Å²) in [6, 6.07) is 0. The molecule has 0 fully saturated rings. The van der Waals surface area contributed by atoms with Crippen LogP contribution in [0.2, 0.25) is 1.41 Å². The van der Waals surface area contributed by atoms with Crippen LogP contribution in [-0.4, -0.2) is 6.66 Å². The summed E-state index contributed by atoms with van der Waals surface area (Å²) in [5.41, 5.74) is 0. The molecule has 0 spiro atoms. The first-order valence-corrected chi connectivity index (χ1v) is 1.94. The molecule has 0 radical (unpaired) electrons. The van der Waals surface area contributed by atoms with Crippen molar-refractivity contribution in [1.29, 1.82) is 5.15 Å². The molecule has 0 heterocycles. The van der Waals surface area contributed by atoms with Crippen LogP contribution in [0.3, 0.4) is 0 Å². The van der Waals surface area contributed by atoms with Crippen LogP contribution in [0.15, 0.2) is 0 Å². The zero-order valence-corrected chi connectivity index (χ0v) is 8.64. The SMILES string of the molecule is [2H]N=PC.[K+].[PH2-]. The Morgan fingerprint density at radius 3 is 2.20 bits per heavy atom. The van der Waals surface area contributed by atoms with Gasteiger partial charge in [0.2, 0.25) is 0 Å². The molecule has 0 aromatic rings. The maximum absolute atomic E-state index is 6.06. The fourth-order valence-corrected chi connectivity index (χ4v) is 0. The van der Waals surface area contributed by atoms with Crippen LogP contribution in [0.4, 0.5) is 0 Å². The van der Waals surface area contributed by atoms with E-state index in [1.807, 2.05) is 0 Å². The molecule has 0 unspecified atom stereocenters. The standard InChI is InChI=1S/CH4NP.K.H2P/c1-3-2;;/h2H,1H3;;1H2/q;+1;-1/i/hD. The normalized spacial score (nSPS) is 7.80. The summed E-state index contributed by atoms with van der Waals surface area (Å²) >= 11 is 0. The van der Waals surface area contributed by atoms with Crippen LogP contribution in [0.5, 0.6) is 0 Å². The van der Waals surface area contributed by atoms with Gasteiger partial charge in [0, 0.05) is 0 Å². The summed E-state index contributed by atoms with van der Waals surface area (Å²) < 4.78 is 6.06. The Morgan fingerprint density at radius 2 is 2.20 bits per heavy atom. The zero-order chi connectivity index (χ0) is 3.41. The third-order valence-corrected chi connectivity index (χ3v) is 0. The molecule has 0 aromatic heterocycles. The molecule has 0 aliphatic heterocycles. The van der Waals surface area contributed by atoms with Gasteiger partial charge < -0.3 is 9.90 Å². The van der Waals surface area contributed by atoms with Gasteiger partial charge in [0.25, 0.3) is 0 Å². The molecule has 1 nitrogen and oxygen atoms in total. The molecular formula is CH6KNP2. The summed E-state index contributed by atoms with van der Waals surface area (Å²) in [6.45, 7) is 1.80. The molecule has 0 rings (SSSR count). The second-order valence-corrected chi connectivity index (χ2v) is 0.600. The Morgan fingerprint density at radius 1 is 2.00 bits per heavy atom. The fourth-order valence-electron chi connectivity index (χ4n) is 0. The molecule has 0 bridgehead atoms. The van der Waals surface area contributed by atoms with Gasteiger partial charge in [-0.25, -0.2) is 0 Å². The van der Waals surface area contributed by atoms with E-state index in [0.717, 1.165) is 8.37 Å². The van der Waals surface area contributed by atoms with Crippen molar-refractivity contribution >= 4 is 18.3 Å². The first-order chi connectivity index (χ1) is 1.91. The van der Waals surface area contributed by atoms with Crippen LogP contribution in [-0.2, 0) is 0 Å². The largest absolute Gasteiger partial charge is 1.00 e. The molecule has 4 heteroatoms. The molecule has 0 saturated carbocycles. The molecule has 26 valence electrons. The second-order valence-electron chi connectivity index (χ2n) is 0.200. The minimum atomic E-state index is 0. The molecule has 0 aliphatic rings. The summed E-state index contributed by atoms with van der Waals surface area (Å²) in [6.07, 6.45) is 0. The van der Waals surface area contributed by atoms with Crippen molar-refractivity contribution in [3.8, 4) is 0 Å². The van der Waals surface area contributed by atoms with Gasteiger partial charge in [-0.3, -0.25) is 5.15 Å². The van der Waals surface area contributed by atoms with E-state index in [0.29, 0.717) is 0 Å². The molecule has 0 amide bonds. The molecule has 0 aliphatic carbocycles. The Kier molecular flexibility index (Phi) is 33.5. The average molecular weight is 134 g/mol. The van der Waals surface area contributed by atoms with Gasteiger partial charge in [-0.05, 0) is 15.0 Å². The van der Waals surface area contributed by atoms with E-state index in [2.05, 4.69) is 5.15 Å². The van der Waals surface area contributed by atoms with Gasteiger partial charge in [0.15, 0.2) is 1.41 Å². The van der Waals surface area contributed by atoms with Crippen LogP contribution in [0.25, 0.3) is 0 Å². The molecule has 1 N–H and O–H groups in total. The quantitative estimate of drug-likeness (QED) is 0.313. The summed E-state index contributed by atoms with van der Waals surface area (Å²) in [4.78, 5) is 0. The van der Waals surface area contributed by atoms with E-state index in [1.54, 1.807) is 6.66 Å². The predicted octanol–water partition coefficient (Wildman–Crippen LogP) is -1.35. The topological polar surface area (TPSA) is 23.9 Å². The number of hydrogen-bond donors (Lipinski definition) is 1. The first-order valence-electron chi connectivity index (χ1n) is 1.09. The Balaban J connectivity index is -0.0000000450. The number of hydrogen-bond acceptors (Lipinski definition) is 1. The van der Waals surface area contributed by atoms with E-state index < -0.39 is 0 Å². The maximum Gasteiger partial charge on any atom is 1.00 e. The first kappa shape index (κ1) is 10.2. The van der Waals surface area contributed by atoms with Gasteiger partial charge in [0.1, 0.15) is 0 Å². The summed E-state index contributed by atoms with van der Waals surface area (Å²) in [7, 11) is 0.790. The Bertz CT molecular complexity index is 28.7. The zero-order valence-electron chi connectivity index (χ0n) is 4.47. The van der Waals surface area contributed by atoms with E-state index in [4.69, 9.17) is 1.41 Å². The summed E-state index contributed by atoms with van der Waals surface area (Å²) in [5.74, 6) is 0. The summed E-state index contributed by atoms with van der Waals surface area (Å²) in [5, 5.41) is 2.96. The van der Waals surface area contributed by atoms with Crippen molar-refractivity contribution in [3.05, 3.63) is 0 Å². The van der Waals surface area contributed by atoms with Crippen LogP contribution in [0, 0.1) is 5.15 Å². The van der Waals surface area contributed by atoms with Gasteiger partial charge >= 0.3 is 51.4 Å². The minimum absolute atomic E-state index is 0. The third kappa shape index (κ3) is 22.8. The monoisotopic (exact) mass is 134 g/mol. The number of nitrogens with one attached hydrogen (secondary N) is 1. The van der Waals surface area contributed by atoms with Crippen molar-refractivity contribution in [1.82, 2.24) is 0 Å². The van der Waals surface area contributed by atoms with Crippen molar-refractivity contribution < 1.29 is 52.8 Å². The van der Waals surface area contributed by atoms with Crippen molar-refractivity contribution in [2.75, 3.05) is 6.66 Å². The fraction of sp³-hybridized carbons (Fsp3) is 1.00. The number of rotatable bonds is 0. The smallest absolute Gasteiger partial charge is 0.577 e. The van der Waals surface area contributed by atoms with Crippen molar-refractivity contribution in [2.24, 2.45) is 0 Å². The van der Waals surface area contributed by atoms with Gasteiger partial charge in [-0.1, -0.05) is 0 Å². The van der Waals surface area contributed by atoms with Crippen LogP contribution in [0.1, 0.15) is 0 Å². The van der Waals surface area contributed by atoms with Gasteiger partial charge in [-0.15, -0.1) is 0 Å². The van der Waals surface area contributed by atoms with E-state index in [9.17, 15) is 0 Å². The second kappa shape index (κ2) is 16.4. The third-order valence-electron chi connectivity index (χ3n) is 0. The predicted molar refractivity (Wildman–Crippen MR) is 25.3 cm³/mol. The molecule has 0 atom stereocenters. The Hall–Kier alpha value is 2.17. The van der Waals surface area contributed by atoms with Gasteiger partial charge in [0.05, 0.1) is 0 Å². The van der Waals surface area contributed by atoms with Gasteiger partial charge in [-0.2, -0.15) is 0 Å². The van der Waals surface area contributed by atoms with Crippen LogP contribution >= 0.6 is 18.3 Å². The van der Waals surface area contributed by atoms with E-state index >= 15 is 0 Å². The molecule has 0 aromatic carbocycles.